The van der Waals surface area contributed by atoms with E-state index in [4.69, 9.17) is 0 Å². The maximum absolute atomic E-state index is 12.2. The van der Waals surface area contributed by atoms with Gasteiger partial charge in [-0.2, -0.15) is 11.3 Å². The molecule has 4 nitrogen and oxygen atoms in total. The number of carbonyl (C=O) groups excluding carboxylic acids is 1. The zero-order valence-electron chi connectivity index (χ0n) is 11.2. The molecule has 20 heavy (non-hydrogen) atoms. The van der Waals surface area contributed by atoms with Gasteiger partial charge in [-0.15, -0.1) is 0 Å². The van der Waals surface area contributed by atoms with Gasteiger partial charge in [0.25, 0.3) is 5.91 Å². The lowest BCUT2D eigenvalue weighted by atomic mass is 10.2. The Morgan fingerprint density at radius 3 is 2.75 bits per heavy atom. The minimum absolute atomic E-state index is 0.160. The number of aromatic nitrogens is 1. The number of carbonyl (C=O) groups is 1. The Kier molecular flexibility index (Phi) is 4.08. The molecule has 0 saturated carbocycles. The van der Waals surface area contributed by atoms with Gasteiger partial charge in [0, 0.05) is 50.5 Å². The molecule has 2 aromatic rings. The first kappa shape index (κ1) is 13.3. The minimum atomic E-state index is 0.160. The van der Waals surface area contributed by atoms with Gasteiger partial charge in [-0.3, -0.25) is 14.7 Å². The van der Waals surface area contributed by atoms with E-state index in [1.165, 1.54) is 5.56 Å². The van der Waals surface area contributed by atoms with Crippen LogP contribution in [0.4, 0.5) is 0 Å². The summed E-state index contributed by atoms with van der Waals surface area (Å²) >= 11 is 1.57. The van der Waals surface area contributed by atoms with Gasteiger partial charge in [-0.1, -0.05) is 6.07 Å². The van der Waals surface area contributed by atoms with Crippen LogP contribution in [0.3, 0.4) is 0 Å². The Hall–Kier alpha value is -1.72. The van der Waals surface area contributed by atoms with E-state index in [9.17, 15) is 4.79 Å². The zero-order valence-corrected chi connectivity index (χ0v) is 12.1. The average molecular weight is 287 g/mol. The molecular weight excluding hydrogens is 270 g/mol. The third-order valence-corrected chi connectivity index (χ3v) is 4.24. The molecule has 0 aromatic carbocycles. The predicted molar refractivity (Wildman–Crippen MR) is 79.7 cm³/mol. The molecule has 1 aliphatic rings. The van der Waals surface area contributed by atoms with Crippen molar-refractivity contribution in [3.8, 4) is 0 Å². The van der Waals surface area contributed by atoms with E-state index in [0.29, 0.717) is 0 Å². The summed E-state index contributed by atoms with van der Waals surface area (Å²) in [6.45, 7) is 4.35. The third-order valence-electron chi connectivity index (χ3n) is 3.56. The molecule has 0 bridgehead atoms. The third kappa shape index (κ3) is 3.05. The first-order chi connectivity index (χ1) is 9.83. The van der Waals surface area contributed by atoms with E-state index < -0.39 is 0 Å². The average Bonchev–Trinajstić information content (AvgIpc) is 3.03. The normalized spacial score (nSPS) is 16.3. The number of hydrogen-bond acceptors (Lipinski definition) is 4. The molecule has 104 valence electrons. The Bertz CT molecular complexity index is 548. The van der Waals surface area contributed by atoms with Crippen LogP contribution >= 0.6 is 11.3 Å². The van der Waals surface area contributed by atoms with Gasteiger partial charge in [0.1, 0.15) is 0 Å². The lowest BCUT2D eigenvalue weighted by molar-refractivity contribution is 0.0629. The largest absolute Gasteiger partial charge is 0.336 e. The first-order valence-electron chi connectivity index (χ1n) is 6.75. The highest BCUT2D eigenvalue weighted by atomic mass is 32.1. The van der Waals surface area contributed by atoms with Gasteiger partial charge in [0.2, 0.25) is 0 Å². The van der Waals surface area contributed by atoms with Gasteiger partial charge in [0.15, 0.2) is 0 Å². The van der Waals surface area contributed by atoms with E-state index in [1.807, 2.05) is 34.0 Å². The van der Waals surface area contributed by atoms with Crippen molar-refractivity contribution in [2.75, 3.05) is 26.2 Å². The van der Waals surface area contributed by atoms with Crippen LogP contribution in [0.15, 0.2) is 41.4 Å². The van der Waals surface area contributed by atoms with Crippen LogP contribution in [0.25, 0.3) is 0 Å². The molecule has 3 rings (SSSR count). The van der Waals surface area contributed by atoms with Crippen molar-refractivity contribution in [3.63, 3.8) is 0 Å². The molecule has 1 fully saturated rings. The lowest BCUT2D eigenvalue weighted by Gasteiger charge is -2.34. The molecule has 0 N–H and O–H groups in total. The van der Waals surface area contributed by atoms with Crippen molar-refractivity contribution in [1.82, 2.24) is 14.8 Å². The summed E-state index contributed by atoms with van der Waals surface area (Å²) < 4.78 is 0. The molecule has 2 aromatic heterocycles. The van der Waals surface area contributed by atoms with Crippen LogP contribution in [-0.4, -0.2) is 46.9 Å². The molecule has 1 aliphatic heterocycles. The fourth-order valence-electron chi connectivity index (χ4n) is 2.43. The number of nitrogens with zero attached hydrogens (tertiary/aromatic N) is 3. The van der Waals surface area contributed by atoms with Crippen molar-refractivity contribution in [2.45, 2.75) is 6.54 Å². The summed E-state index contributed by atoms with van der Waals surface area (Å²) in [5, 5.41) is 3.87. The summed E-state index contributed by atoms with van der Waals surface area (Å²) in [5.74, 6) is 0.160. The molecule has 0 unspecified atom stereocenters. The Balaban J connectivity index is 1.53. The van der Waals surface area contributed by atoms with E-state index in [2.05, 4.69) is 16.0 Å². The van der Waals surface area contributed by atoms with Gasteiger partial charge in [-0.25, -0.2) is 0 Å². The van der Waals surface area contributed by atoms with Crippen LogP contribution in [0.1, 0.15) is 15.9 Å². The van der Waals surface area contributed by atoms with Crippen LogP contribution in [0, 0.1) is 0 Å². The van der Waals surface area contributed by atoms with Gasteiger partial charge >= 0.3 is 0 Å². The molecule has 3 heterocycles. The number of hydrogen-bond donors (Lipinski definition) is 0. The Morgan fingerprint density at radius 2 is 2.10 bits per heavy atom. The van der Waals surface area contributed by atoms with E-state index in [0.717, 1.165) is 38.3 Å². The Labute approximate surface area is 122 Å². The summed E-state index contributed by atoms with van der Waals surface area (Å²) in [6, 6.07) is 5.95. The van der Waals surface area contributed by atoms with Crippen molar-refractivity contribution in [3.05, 3.63) is 52.5 Å². The molecule has 1 saturated heterocycles. The van der Waals surface area contributed by atoms with Crippen molar-refractivity contribution < 1.29 is 4.79 Å². The fourth-order valence-corrected chi connectivity index (χ4v) is 3.06. The second kappa shape index (κ2) is 6.15. The smallest absolute Gasteiger partial charge is 0.254 e. The maximum atomic E-state index is 12.2. The summed E-state index contributed by atoms with van der Waals surface area (Å²) in [6.07, 6.45) is 3.70. The summed E-state index contributed by atoms with van der Waals surface area (Å²) in [4.78, 5) is 20.7. The van der Waals surface area contributed by atoms with Crippen LogP contribution in [0.2, 0.25) is 0 Å². The quantitative estimate of drug-likeness (QED) is 0.867. The lowest BCUT2D eigenvalue weighted by Crippen LogP contribution is -2.48. The van der Waals surface area contributed by atoms with Gasteiger partial charge in [0.05, 0.1) is 5.56 Å². The molecule has 0 radical (unpaired) electrons. The molecular formula is C15H17N3OS. The number of thiophene rings is 1. The highest BCUT2D eigenvalue weighted by molar-refractivity contribution is 7.08. The SMILES string of the molecule is O=C(c1ccsc1)N1CCN(Cc2cccnc2)CC1. The van der Waals surface area contributed by atoms with Crippen LogP contribution < -0.4 is 0 Å². The zero-order chi connectivity index (χ0) is 13.8. The molecule has 0 spiro atoms. The Morgan fingerprint density at radius 1 is 1.25 bits per heavy atom. The van der Waals surface area contributed by atoms with E-state index >= 15 is 0 Å². The molecule has 1 amide bonds. The van der Waals surface area contributed by atoms with E-state index in [1.54, 1.807) is 17.5 Å². The molecule has 0 aliphatic carbocycles. The first-order valence-corrected chi connectivity index (χ1v) is 7.70. The number of amides is 1. The van der Waals surface area contributed by atoms with Gasteiger partial charge < -0.3 is 4.90 Å². The van der Waals surface area contributed by atoms with Crippen molar-refractivity contribution in [2.24, 2.45) is 0 Å². The van der Waals surface area contributed by atoms with Crippen molar-refractivity contribution >= 4 is 17.2 Å². The topological polar surface area (TPSA) is 36.4 Å². The highest BCUT2D eigenvalue weighted by Crippen LogP contribution is 2.13. The summed E-state index contributed by atoms with van der Waals surface area (Å²) in [7, 11) is 0. The summed E-state index contributed by atoms with van der Waals surface area (Å²) in [5.41, 5.74) is 2.04. The van der Waals surface area contributed by atoms with Crippen LogP contribution in [0.5, 0.6) is 0 Å². The number of rotatable bonds is 3. The number of pyridine rings is 1. The van der Waals surface area contributed by atoms with Crippen LogP contribution in [-0.2, 0) is 6.54 Å². The second-order valence-corrected chi connectivity index (χ2v) is 5.72. The number of piperazine rings is 1. The van der Waals surface area contributed by atoms with Gasteiger partial charge in [-0.05, 0) is 23.1 Å². The minimum Gasteiger partial charge on any atom is -0.336 e. The standard InChI is InChI=1S/C15H17N3OS/c19-15(14-3-9-20-12-14)18-7-5-17(6-8-18)11-13-2-1-4-16-10-13/h1-4,9-10,12H,5-8,11H2. The monoisotopic (exact) mass is 287 g/mol. The second-order valence-electron chi connectivity index (χ2n) is 4.94. The van der Waals surface area contributed by atoms with E-state index in [-0.39, 0.29) is 5.91 Å². The highest BCUT2D eigenvalue weighted by Gasteiger charge is 2.22. The fraction of sp³-hybridized carbons (Fsp3) is 0.333. The molecule has 5 heteroatoms. The van der Waals surface area contributed by atoms with Crippen molar-refractivity contribution in [1.29, 1.82) is 0 Å². The molecule has 0 atom stereocenters. The predicted octanol–water partition coefficient (Wildman–Crippen LogP) is 2.10. The maximum Gasteiger partial charge on any atom is 0.254 e.